The van der Waals surface area contributed by atoms with E-state index in [1.807, 2.05) is 0 Å². The van der Waals surface area contributed by atoms with Crippen molar-refractivity contribution in [3.05, 3.63) is 0 Å². The summed E-state index contributed by atoms with van der Waals surface area (Å²) < 4.78 is 0. The van der Waals surface area contributed by atoms with Gasteiger partial charge in [0, 0.05) is 77.7 Å². The van der Waals surface area contributed by atoms with Crippen molar-refractivity contribution in [2.24, 2.45) is 0 Å². The van der Waals surface area contributed by atoms with E-state index in [1.165, 1.54) is 0 Å². The third-order valence-corrected chi connectivity index (χ3v) is 6.15. The molecule has 2 aliphatic heterocycles. The van der Waals surface area contributed by atoms with Crippen LogP contribution in [0.15, 0.2) is 0 Å². The average Bonchev–Trinajstić information content (AvgIpc) is 3.19. The van der Waals surface area contributed by atoms with Crippen LogP contribution in [-0.4, -0.2) is 122 Å². The van der Waals surface area contributed by atoms with Crippen molar-refractivity contribution in [1.82, 2.24) is 30.7 Å². The molecule has 4 N–H and O–H groups in total. The van der Waals surface area contributed by atoms with Gasteiger partial charge in [-0.05, 0) is 32.9 Å². The Bertz CT molecular complexity index is 653. The largest absolute Gasteiger partial charge is 0.481 e. The van der Waals surface area contributed by atoms with E-state index in [9.17, 15) is 19.2 Å². The summed E-state index contributed by atoms with van der Waals surface area (Å²) in [5, 5.41) is 16.6. The Morgan fingerprint density at radius 2 is 1.42 bits per heavy atom. The highest BCUT2D eigenvalue weighted by atomic mass is 16.4. The Balaban J connectivity index is 1.52. The zero-order chi connectivity index (χ0) is 24.1. The van der Waals surface area contributed by atoms with E-state index in [-0.39, 0.29) is 50.1 Å². The molecule has 1 unspecified atom stereocenters. The van der Waals surface area contributed by atoms with Crippen LogP contribution in [0.4, 0.5) is 0 Å². The maximum Gasteiger partial charge on any atom is 0.303 e. The molecule has 11 nitrogen and oxygen atoms in total. The Kier molecular flexibility index (Phi) is 12.1. The smallest absolute Gasteiger partial charge is 0.303 e. The molecule has 2 saturated heterocycles. The first-order valence-corrected chi connectivity index (χ1v) is 12.0. The average molecular weight is 482 g/mol. The second kappa shape index (κ2) is 14.8. The number of hydrogen-bond donors (Lipinski definition) is 4. The molecule has 0 spiro atoms. The lowest BCUT2D eigenvalue weighted by atomic mass is 10.3. The lowest BCUT2D eigenvalue weighted by molar-refractivity contribution is -0.137. The molecule has 2 aliphatic rings. The van der Waals surface area contributed by atoms with E-state index in [4.69, 9.17) is 5.11 Å². The highest BCUT2D eigenvalue weighted by Crippen LogP contribution is 2.18. The molecular formula is C22H40N6O5. The first kappa shape index (κ1) is 27.0. The van der Waals surface area contributed by atoms with Crippen molar-refractivity contribution in [1.29, 1.82) is 0 Å². The van der Waals surface area contributed by atoms with Gasteiger partial charge in [0.2, 0.25) is 17.7 Å². The molecular weight excluding hydrogens is 442 g/mol. The molecule has 0 bridgehead atoms. The first-order valence-electron chi connectivity index (χ1n) is 12.0. The van der Waals surface area contributed by atoms with Crippen molar-refractivity contribution in [3.63, 3.8) is 0 Å². The van der Waals surface area contributed by atoms with Crippen LogP contribution in [0.2, 0.25) is 0 Å². The quantitative estimate of drug-likeness (QED) is 0.136. The number of aliphatic carboxylic acids is 1. The number of likely N-dealkylation sites (N-methyl/N-ethyl adjacent to an activating group) is 1. The lowest BCUT2D eigenvalue weighted by Crippen LogP contribution is -2.50. The second-order valence-electron chi connectivity index (χ2n) is 8.92. The highest BCUT2D eigenvalue weighted by Gasteiger charge is 2.28. The molecule has 33 heavy (non-hydrogen) atoms. The van der Waals surface area contributed by atoms with Gasteiger partial charge in [-0.15, -0.1) is 0 Å². The van der Waals surface area contributed by atoms with E-state index in [0.29, 0.717) is 25.6 Å². The van der Waals surface area contributed by atoms with Crippen LogP contribution in [0.1, 0.15) is 38.5 Å². The van der Waals surface area contributed by atoms with Crippen molar-refractivity contribution in [2.75, 3.05) is 72.5 Å². The molecule has 0 aromatic carbocycles. The van der Waals surface area contributed by atoms with Gasteiger partial charge in [0.25, 0.3) is 0 Å². The molecule has 188 valence electrons. The van der Waals surface area contributed by atoms with Gasteiger partial charge in [0.1, 0.15) is 0 Å². The zero-order valence-electron chi connectivity index (χ0n) is 19.8. The van der Waals surface area contributed by atoms with Gasteiger partial charge in [-0.25, -0.2) is 0 Å². The molecule has 0 aromatic heterocycles. The summed E-state index contributed by atoms with van der Waals surface area (Å²) in [5.74, 6) is -1.41. The number of likely N-dealkylation sites (tertiary alicyclic amines) is 1. The molecule has 2 fully saturated rings. The Morgan fingerprint density at radius 1 is 0.818 bits per heavy atom. The number of nitrogens with zero attached hydrogens (tertiary/aromatic N) is 3. The summed E-state index contributed by atoms with van der Waals surface area (Å²) in [6.45, 7) is 7.42. The van der Waals surface area contributed by atoms with Gasteiger partial charge >= 0.3 is 5.97 Å². The highest BCUT2D eigenvalue weighted by molar-refractivity contribution is 5.81. The number of carbonyl (C=O) groups excluding carboxylic acids is 3. The number of amides is 3. The fourth-order valence-electron chi connectivity index (χ4n) is 4.15. The van der Waals surface area contributed by atoms with Gasteiger partial charge in [-0.3, -0.25) is 29.0 Å². The van der Waals surface area contributed by atoms with Gasteiger partial charge in [0.15, 0.2) is 0 Å². The molecule has 2 rings (SSSR count). The van der Waals surface area contributed by atoms with Crippen LogP contribution in [0, 0.1) is 0 Å². The van der Waals surface area contributed by atoms with Crippen molar-refractivity contribution in [3.8, 4) is 0 Å². The minimum atomic E-state index is -0.894. The van der Waals surface area contributed by atoms with Crippen LogP contribution in [0.5, 0.6) is 0 Å². The molecule has 2 heterocycles. The van der Waals surface area contributed by atoms with Gasteiger partial charge in [-0.2, -0.15) is 0 Å². The number of hydrogen-bond acceptors (Lipinski definition) is 7. The van der Waals surface area contributed by atoms with Crippen molar-refractivity contribution in [2.45, 2.75) is 44.6 Å². The summed E-state index contributed by atoms with van der Waals surface area (Å²) in [7, 11) is 2.15. The van der Waals surface area contributed by atoms with E-state index >= 15 is 0 Å². The number of rotatable bonds is 14. The summed E-state index contributed by atoms with van der Waals surface area (Å²) >= 11 is 0. The van der Waals surface area contributed by atoms with Crippen LogP contribution in [0.3, 0.4) is 0 Å². The van der Waals surface area contributed by atoms with Gasteiger partial charge < -0.3 is 26.0 Å². The normalized spacial score (nSPS) is 19.8. The first-order chi connectivity index (χ1) is 15.8. The Labute approximate surface area is 196 Å². The van der Waals surface area contributed by atoms with E-state index in [2.05, 4.69) is 37.7 Å². The Morgan fingerprint density at radius 3 is 2.06 bits per heavy atom. The summed E-state index contributed by atoms with van der Waals surface area (Å²) in [5.41, 5.74) is 0. The standard InChI is InChI=1S/C22H40N6O5/c1-26-12-14-27(15-13-26)16-18-4-3-11-28(18)17-21(31)25-10-7-20(30)24-9-6-19(29)23-8-2-5-22(32)33/h18H,2-17H2,1H3,(H,23,29)(H,24,30)(H,25,31)(H,32,33)/i1+1,7+1,10+1,12+1,13+1,14+1,15+1,16+1,18+1,19+1,20+1,26+1,27+1,28+1. The predicted molar refractivity (Wildman–Crippen MR) is 124 cm³/mol. The minimum Gasteiger partial charge on any atom is -0.481 e. The third-order valence-electron chi connectivity index (χ3n) is 6.15. The SMILES string of the molecule is [13CH3][15N]1[13CH2][13CH2][15N]([13CH2][13CH]2CCC[15N]2CC(=O)N[13CH2][13CH2][13C](=O)NCC[13C](=O)NCCCC(=O)O)[13CH2][13CH2]1. The predicted octanol–water partition coefficient (Wildman–Crippen LogP) is -1.31. The summed E-state index contributed by atoms with van der Waals surface area (Å²) in [6, 6.07) is 0.415. The molecule has 3 amide bonds. The van der Waals surface area contributed by atoms with Crippen LogP contribution in [0.25, 0.3) is 0 Å². The number of nitrogens with one attached hydrogen (secondary N) is 3. The van der Waals surface area contributed by atoms with Crippen LogP contribution >= 0.6 is 0 Å². The number of carboxylic acids is 1. The fourth-order valence-corrected chi connectivity index (χ4v) is 4.15. The minimum absolute atomic E-state index is 0.0113. The molecule has 1 atom stereocenters. The second-order valence-corrected chi connectivity index (χ2v) is 8.92. The number of carbonyl (C=O) groups is 4. The van der Waals surface area contributed by atoms with Gasteiger partial charge in [-0.1, -0.05) is 0 Å². The number of piperazine rings is 1. The van der Waals surface area contributed by atoms with Gasteiger partial charge in [0.05, 0.1) is 6.54 Å². The van der Waals surface area contributed by atoms with Crippen molar-refractivity contribution >= 4 is 23.7 Å². The maximum absolute atomic E-state index is 12.3. The fraction of sp³-hybridized carbons (Fsp3) is 0.818. The molecule has 0 saturated carbocycles. The van der Waals surface area contributed by atoms with Crippen molar-refractivity contribution < 1.29 is 24.3 Å². The van der Waals surface area contributed by atoms with E-state index in [0.717, 1.165) is 52.1 Å². The monoisotopic (exact) mass is 482 g/mol. The molecule has 0 aromatic rings. The lowest BCUT2D eigenvalue weighted by Gasteiger charge is -2.36. The van der Waals surface area contributed by atoms with E-state index < -0.39 is 5.97 Å². The number of carboxylic acid groups (broad SMARTS) is 1. The molecule has 11 heteroatoms. The Hall–Kier alpha value is -2.24. The third kappa shape index (κ3) is 11.4. The zero-order valence-corrected chi connectivity index (χ0v) is 19.8. The summed E-state index contributed by atoms with van der Waals surface area (Å²) in [4.78, 5) is 53.4. The molecule has 0 aliphatic carbocycles. The van der Waals surface area contributed by atoms with Crippen LogP contribution in [-0.2, 0) is 19.2 Å². The maximum atomic E-state index is 12.3. The van der Waals surface area contributed by atoms with E-state index in [1.54, 1.807) is 0 Å². The topological polar surface area (TPSA) is 134 Å². The van der Waals surface area contributed by atoms with Crippen LogP contribution < -0.4 is 16.0 Å². The molecule has 0 radical (unpaired) electrons. The summed E-state index contributed by atoms with van der Waals surface area (Å²) in [6.07, 6.45) is 2.92.